The fourth-order valence-electron chi connectivity index (χ4n) is 3.21. The van der Waals surface area contributed by atoms with Crippen molar-refractivity contribution in [2.75, 3.05) is 24.1 Å². The first-order valence-corrected chi connectivity index (χ1v) is 13.5. The van der Waals surface area contributed by atoms with Gasteiger partial charge in [0.1, 0.15) is 12.4 Å². The summed E-state index contributed by atoms with van der Waals surface area (Å²) in [5, 5.41) is 14.0. The molecule has 0 atom stereocenters. The molecule has 1 aliphatic heterocycles. The van der Waals surface area contributed by atoms with Crippen molar-refractivity contribution < 1.29 is 27.8 Å². The molecule has 3 aromatic rings. The number of benzene rings is 1. The summed E-state index contributed by atoms with van der Waals surface area (Å²) in [6, 6.07) is 9.58. The van der Waals surface area contributed by atoms with Gasteiger partial charge in [0.05, 0.1) is 18.8 Å². The molecule has 0 unspecified atom stereocenters. The van der Waals surface area contributed by atoms with Crippen molar-refractivity contribution in [3.8, 4) is 11.6 Å². The molecule has 0 aliphatic carbocycles. The van der Waals surface area contributed by atoms with Crippen LogP contribution in [0.2, 0.25) is 0 Å². The maximum atomic E-state index is 13.6. The minimum absolute atomic E-state index is 0.0681. The van der Waals surface area contributed by atoms with Gasteiger partial charge in [0, 0.05) is 24.0 Å². The van der Waals surface area contributed by atoms with E-state index in [0.29, 0.717) is 24.6 Å². The van der Waals surface area contributed by atoms with Gasteiger partial charge in [-0.3, -0.25) is 13.8 Å². The Bertz CT molecular complexity index is 1270. The molecule has 2 aromatic heterocycles. The van der Waals surface area contributed by atoms with Gasteiger partial charge >= 0.3 is 5.97 Å². The Labute approximate surface area is 209 Å². The number of sulfonamides is 1. The molecule has 9 nitrogen and oxygen atoms in total. The Morgan fingerprint density at radius 1 is 1.26 bits per heavy atom. The van der Waals surface area contributed by atoms with E-state index in [2.05, 4.69) is 5.10 Å². The molecule has 11 heteroatoms. The molecule has 1 aliphatic rings. The Hall–Kier alpha value is -3.31. The molecule has 3 heterocycles. The van der Waals surface area contributed by atoms with Crippen molar-refractivity contribution in [1.82, 2.24) is 9.78 Å². The quantitative estimate of drug-likeness (QED) is 0.463. The third-order valence-electron chi connectivity index (χ3n) is 4.96. The summed E-state index contributed by atoms with van der Waals surface area (Å²) in [5.41, 5.74) is 1.41. The van der Waals surface area contributed by atoms with Crippen molar-refractivity contribution in [3.63, 3.8) is 0 Å². The zero-order valence-corrected chi connectivity index (χ0v) is 21.5. The van der Waals surface area contributed by atoms with E-state index in [-0.39, 0.29) is 30.3 Å². The summed E-state index contributed by atoms with van der Waals surface area (Å²) >= 11 is 1.64. The van der Waals surface area contributed by atoms with E-state index in [1.165, 1.54) is 10.5 Å². The third kappa shape index (κ3) is 6.43. The van der Waals surface area contributed by atoms with Gasteiger partial charge in [-0.1, -0.05) is 25.1 Å². The average Bonchev–Trinajstić information content (AvgIpc) is 3.53. The summed E-state index contributed by atoms with van der Waals surface area (Å²) in [4.78, 5) is 10.6. The van der Waals surface area contributed by atoms with Crippen molar-refractivity contribution in [2.45, 2.75) is 38.6 Å². The summed E-state index contributed by atoms with van der Waals surface area (Å²) in [5.74, 6) is -0.0786. The summed E-state index contributed by atoms with van der Waals surface area (Å²) < 4.78 is 41.3. The molecule has 0 bridgehead atoms. The number of aryl methyl sites for hydroxylation is 1. The van der Waals surface area contributed by atoms with E-state index >= 15 is 0 Å². The number of hydrogen-bond donors (Lipinski definition) is 1. The minimum atomic E-state index is -3.87. The van der Waals surface area contributed by atoms with Gasteiger partial charge < -0.3 is 14.6 Å². The van der Waals surface area contributed by atoms with Crippen LogP contribution < -0.4 is 13.8 Å². The molecule has 0 fully saturated rings. The Balaban J connectivity index is 0.000000623. The number of carboxylic acids is 1. The van der Waals surface area contributed by atoms with Crippen LogP contribution in [0.25, 0.3) is 12.2 Å². The Morgan fingerprint density at radius 2 is 2.03 bits per heavy atom. The molecular weight excluding hydrogens is 490 g/mol. The monoisotopic (exact) mass is 519 g/mol. The number of carboxylic acid groups (broad SMARTS) is 1. The standard InChI is InChI=1S/C21H23N3O4S2.C3H6O2/c1-3-23-15-20(21(22-23)27-4-2)30(25,26)24-11-12-28-19-10-8-16(14-18(19)24)7-9-17-6-5-13-29-17;1-2-3(4)5/h5-10,13-15H,3-4,11-12H2,1-2H3;2H2,1H3,(H,4,5)/b9-7+;. The summed E-state index contributed by atoms with van der Waals surface area (Å²) in [6.07, 6.45) is 5.72. The van der Waals surface area contributed by atoms with Gasteiger partial charge in [0.25, 0.3) is 15.9 Å². The maximum Gasteiger partial charge on any atom is 0.303 e. The summed E-state index contributed by atoms with van der Waals surface area (Å²) in [7, 11) is -3.87. The van der Waals surface area contributed by atoms with Gasteiger partial charge in [0.15, 0.2) is 4.90 Å². The van der Waals surface area contributed by atoms with E-state index in [4.69, 9.17) is 14.6 Å². The zero-order chi connectivity index (χ0) is 25.4. The van der Waals surface area contributed by atoms with Crippen LogP contribution in [-0.4, -0.2) is 49.0 Å². The topological polar surface area (TPSA) is 111 Å². The lowest BCUT2D eigenvalue weighted by Gasteiger charge is -2.30. The van der Waals surface area contributed by atoms with Crippen molar-refractivity contribution >= 4 is 45.2 Å². The van der Waals surface area contributed by atoms with Crippen LogP contribution in [0.5, 0.6) is 11.6 Å². The number of rotatable bonds is 8. The lowest BCUT2D eigenvalue weighted by atomic mass is 10.1. The molecular formula is C24H29N3O6S2. The molecule has 35 heavy (non-hydrogen) atoms. The van der Waals surface area contributed by atoms with Crippen LogP contribution in [0.3, 0.4) is 0 Å². The van der Waals surface area contributed by atoms with E-state index in [1.54, 1.807) is 29.9 Å². The Morgan fingerprint density at radius 3 is 2.66 bits per heavy atom. The van der Waals surface area contributed by atoms with Gasteiger partial charge in [-0.15, -0.1) is 16.4 Å². The van der Waals surface area contributed by atoms with E-state index < -0.39 is 16.0 Å². The molecule has 1 N–H and O–H groups in total. The highest BCUT2D eigenvalue weighted by Gasteiger charge is 2.34. The number of fused-ring (bicyclic) bond motifs is 1. The van der Waals surface area contributed by atoms with Gasteiger partial charge in [-0.2, -0.15) is 0 Å². The number of hydrogen-bond acceptors (Lipinski definition) is 7. The molecule has 0 saturated carbocycles. The van der Waals surface area contributed by atoms with Crippen molar-refractivity contribution in [1.29, 1.82) is 0 Å². The fourth-order valence-corrected chi connectivity index (χ4v) is 5.36. The molecule has 4 rings (SSSR count). The molecule has 0 saturated heterocycles. The second-order valence-corrected chi connectivity index (χ2v) is 10.1. The van der Waals surface area contributed by atoms with Gasteiger partial charge in [-0.05, 0) is 49.1 Å². The van der Waals surface area contributed by atoms with Crippen molar-refractivity contribution in [2.24, 2.45) is 0 Å². The smallest absolute Gasteiger partial charge is 0.303 e. The number of aliphatic carboxylic acids is 1. The fraction of sp³-hybridized carbons (Fsp3) is 0.333. The van der Waals surface area contributed by atoms with Gasteiger partial charge in [0.2, 0.25) is 0 Å². The molecule has 0 amide bonds. The van der Waals surface area contributed by atoms with Gasteiger partial charge in [-0.25, -0.2) is 8.42 Å². The lowest BCUT2D eigenvalue weighted by molar-refractivity contribution is -0.136. The van der Waals surface area contributed by atoms with E-state index in [9.17, 15) is 13.2 Å². The molecule has 1 aromatic carbocycles. The summed E-state index contributed by atoms with van der Waals surface area (Å²) in [6.45, 7) is 6.68. The first kappa shape index (κ1) is 26.3. The number of carbonyl (C=O) groups is 1. The second kappa shape index (κ2) is 11.9. The highest BCUT2D eigenvalue weighted by molar-refractivity contribution is 7.93. The first-order chi connectivity index (χ1) is 16.8. The van der Waals surface area contributed by atoms with Crippen LogP contribution in [0.1, 0.15) is 37.6 Å². The van der Waals surface area contributed by atoms with Crippen molar-refractivity contribution in [3.05, 3.63) is 52.3 Å². The maximum absolute atomic E-state index is 13.6. The number of thiophene rings is 1. The largest absolute Gasteiger partial charge is 0.489 e. The predicted molar refractivity (Wildman–Crippen MR) is 137 cm³/mol. The predicted octanol–water partition coefficient (Wildman–Crippen LogP) is 4.60. The number of aromatic nitrogens is 2. The first-order valence-electron chi connectivity index (χ1n) is 11.2. The zero-order valence-electron chi connectivity index (χ0n) is 19.9. The minimum Gasteiger partial charge on any atom is -0.489 e. The normalized spacial score (nSPS) is 13.1. The van der Waals surface area contributed by atoms with Crippen LogP contribution in [0.4, 0.5) is 5.69 Å². The lowest BCUT2D eigenvalue weighted by Crippen LogP contribution is -2.38. The SMILES string of the molecule is CCC(=O)O.CCOc1nn(CC)cc1S(=O)(=O)N1CCOc2ccc(/C=C/c3cccs3)cc21. The third-order valence-corrected chi connectivity index (χ3v) is 7.59. The van der Waals surface area contributed by atoms with Crippen LogP contribution >= 0.6 is 11.3 Å². The highest BCUT2D eigenvalue weighted by atomic mass is 32.2. The second-order valence-electron chi connectivity index (χ2n) is 7.34. The van der Waals surface area contributed by atoms with Crippen LogP contribution in [0.15, 0.2) is 46.8 Å². The van der Waals surface area contributed by atoms with E-state index in [1.807, 2.05) is 54.8 Å². The Kier molecular flexibility index (Phi) is 8.94. The highest BCUT2D eigenvalue weighted by Crippen LogP contribution is 2.38. The van der Waals surface area contributed by atoms with Crippen LogP contribution in [0, 0.1) is 0 Å². The average molecular weight is 520 g/mol. The van der Waals surface area contributed by atoms with Crippen LogP contribution in [-0.2, 0) is 21.4 Å². The molecule has 0 radical (unpaired) electrons. The number of anilines is 1. The number of ether oxygens (including phenoxy) is 2. The van der Waals surface area contributed by atoms with E-state index in [0.717, 1.165) is 10.4 Å². The molecule has 0 spiro atoms. The molecule has 188 valence electrons. The number of nitrogens with zero attached hydrogens (tertiary/aromatic N) is 3.